The van der Waals surface area contributed by atoms with Gasteiger partial charge in [0, 0.05) is 5.69 Å². The summed E-state index contributed by atoms with van der Waals surface area (Å²) in [6, 6.07) is 12.6. The third-order valence-electron chi connectivity index (χ3n) is 3.27. The number of aromatic hydroxyl groups is 1. The van der Waals surface area contributed by atoms with Crippen molar-refractivity contribution in [3.8, 4) is 5.75 Å². The molecule has 0 fully saturated rings. The summed E-state index contributed by atoms with van der Waals surface area (Å²) in [6.07, 6.45) is 2.15. The Kier molecular flexibility index (Phi) is 6.81. The molecule has 2 aromatic carbocycles. The molecule has 2 aromatic rings. The number of nitrogens with zero attached hydrogens (tertiary/aromatic N) is 1. The molecule has 1 unspecified atom stereocenters. The van der Waals surface area contributed by atoms with Crippen LogP contribution in [0.2, 0.25) is 0 Å². The van der Waals surface area contributed by atoms with Crippen molar-refractivity contribution >= 4 is 49.7 Å². The molecule has 0 bridgehead atoms. The normalized spacial score (nSPS) is 12.1. The molecule has 0 aliphatic heterocycles. The van der Waals surface area contributed by atoms with Gasteiger partial charge in [-0.25, -0.2) is 5.43 Å². The smallest absolute Gasteiger partial charge is 0.262 e. The van der Waals surface area contributed by atoms with E-state index < -0.39 is 0 Å². The van der Waals surface area contributed by atoms with E-state index in [2.05, 4.69) is 47.7 Å². The standard InChI is InChI=1S/C17H17Br2N3O2/c1-2-15(21-12-6-4-3-5-7-12)17(24)22-20-10-11-8-13(18)16(23)14(19)9-11/h3-10,15,21,23H,2H2,1H3,(H,22,24). The Labute approximate surface area is 157 Å². The Morgan fingerprint density at radius 3 is 2.46 bits per heavy atom. The highest BCUT2D eigenvalue weighted by molar-refractivity contribution is 9.11. The average Bonchev–Trinajstić information content (AvgIpc) is 2.58. The third-order valence-corrected chi connectivity index (χ3v) is 4.48. The molecule has 0 heterocycles. The molecule has 5 nitrogen and oxygen atoms in total. The average molecular weight is 455 g/mol. The molecular weight excluding hydrogens is 438 g/mol. The zero-order chi connectivity index (χ0) is 17.5. The van der Waals surface area contributed by atoms with Crippen LogP contribution >= 0.6 is 31.9 Å². The first-order valence-corrected chi connectivity index (χ1v) is 8.92. The van der Waals surface area contributed by atoms with Crippen molar-refractivity contribution in [1.82, 2.24) is 5.43 Å². The molecular formula is C17H17Br2N3O2. The van der Waals surface area contributed by atoms with Gasteiger partial charge in [0.1, 0.15) is 11.8 Å². The number of phenolic OH excluding ortho intramolecular Hbond substituents is 1. The second-order valence-electron chi connectivity index (χ2n) is 5.04. The minimum atomic E-state index is -0.372. The maximum atomic E-state index is 12.2. The molecule has 0 aliphatic rings. The van der Waals surface area contributed by atoms with Crippen LogP contribution in [0.25, 0.3) is 0 Å². The van der Waals surface area contributed by atoms with Gasteiger partial charge in [0.15, 0.2) is 0 Å². The van der Waals surface area contributed by atoms with Crippen molar-refractivity contribution in [2.75, 3.05) is 5.32 Å². The summed E-state index contributed by atoms with van der Waals surface area (Å²) >= 11 is 6.50. The number of hydrogen-bond donors (Lipinski definition) is 3. The first-order valence-electron chi connectivity index (χ1n) is 7.33. The highest BCUT2D eigenvalue weighted by Crippen LogP contribution is 2.32. The number of nitrogens with one attached hydrogen (secondary N) is 2. The number of phenols is 1. The van der Waals surface area contributed by atoms with Crippen molar-refractivity contribution in [3.05, 3.63) is 57.0 Å². The maximum Gasteiger partial charge on any atom is 0.262 e. The number of carbonyl (C=O) groups excluding carboxylic acids is 1. The topological polar surface area (TPSA) is 73.7 Å². The number of hydrazone groups is 1. The van der Waals surface area contributed by atoms with Crippen molar-refractivity contribution in [2.45, 2.75) is 19.4 Å². The lowest BCUT2D eigenvalue weighted by molar-refractivity contribution is -0.121. The van der Waals surface area contributed by atoms with Crippen LogP contribution in [-0.4, -0.2) is 23.3 Å². The zero-order valence-electron chi connectivity index (χ0n) is 13.0. The Morgan fingerprint density at radius 2 is 1.88 bits per heavy atom. The van der Waals surface area contributed by atoms with Gasteiger partial charge in [-0.2, -0.15) is 5.10 Å². The number of halogens is 2. The molecule has 0 aliphatic carbocycles. The summed E-state index contributed by atoms with van der Waals surface area (Å²) in [5.74, 6) is -0.0937. The van der Waals surface area contributed by atoms with E-state index in [1.54, 1.807) is 12.1 Å². The molecule has 1 amide bonds. The van der Waals surface area contributed by atoms with E-state index in [-0.39, 0.29) is 17.7 Å². The van der Waals surface area contributed by atoms with Gasteiger partial charge in [-0.05, 0) is 68.1 Å². The second kappa shape index (κ2) is 8.84. The number of rotatable bonds is 6. The maximum absolute atomic E-state index is 12.2. The van der Waals surface area contributed by atoms with Crippen molar-refractivity contribution < 1.29 is 9.90 Å². The number of para-hydroxylation sites is 1. The predicted molar refractivity (Wildman–Crippen MR) is 103 cm³/mol. The third kappa shape index (κ3) is 5.07. The van der Waals surface area contributed by atoms with E-state index in [0.29, 0.717) is 15.4 Å². The Hall–Kier alpha value is -1.86. The van der Waals surface area contributed by atoms with Crippen LogP contribution in [0.4, 0.5) is 5.69 Å². The van der Waals surface area contributed by atoms with Crippen LogP contribution in [0.15, 0.2) is 56.5 Å². The number of benzene rings is 2. The number of amides is 1. The monoisotopic (exact) mass is 453 g/mol. The van der Waals surface area contributed by atoms with Gasteiger partial charge in [0.2, 0.25) is 0 Å². The summed E-state index contributed by atoms with van der Waals surface area (Å²) in [7, 11) is 0. The van der Waals surface area contributed by atoms with E-state index >= 15 is 0 Å². The quantitative estimate of drug-likeness (QED) is 0.451. The van der Waals surface area contributed by atoms with Crippen LogP contribution < -0.4 is 10.7 Å². The molecule has 0 spiro atoms. The van der Waals surface area contributed by atoms with Gasteiger partial charge in [0.25, 0.3) is 5.91 Å². The van der Waals surface area contributed by atoms with Crippen molar-refractivity contribution in [1.29, 1.82) is 0 Å². The predicted octanol–water partition coefficient (Wildman–Crippen LogP) is 4.26. The lowest BCUT2D eigenvalue weighted by Crippen LogP contribution is -2.36. The highest BCUT2D eigenvalue weighted by Gasteiger charge is 2.15. The molecule has 3 N–H and O–H groups in total. The molecule has 126 valence electrons. The molecule has 2 rings (SSSR count). The summed E-state index contributed by atoms with van der Waals surface area (Å²) < 4.78 is 1.09. The lowest BCUT2D eigenvalue weighted by Gasteiger charge is -2.16. The van der Waals surface area contributed by atoms with Gasteiger partial charge in [0.05, 0.1) is 15.2 Å². The van der Waals surface area contributed by atoms with Gasteiger partial charge < -0.3 is 10.4 Å². The van der Waals surface area contributed by atoms with E-state index in [0.717, 1.165) is 11.3 Å². The first-order chi connectivity index (χ1) is 11.5. The summed E-state index contributed by atoms with van der Waals surface area (Å²) in [6.45, 7) is 1.93. The lowest BCUT2D eigenvalue weighted by atomic mass is 10.2. The van der Waals surface area contributed by atoms with Gasteiger partial charge in [-0.1, -0.05) is 25.1 Å². The fourth-order valence-electron chi connectivity index (χ4n) is 2.00. The molecule has 0 saturated heterocycles. The van der Waals surface area contributed by atoms with Gasteiger partial charge in [-0.15, -0.1) is 0 Å². The molecule has 0 radical (unpaired) electrons. The Balaban J connectivity index is 1.98. The fraction of sp³-hybridized carbons (Fsp3) is 0.176. The van der Waals surface area contributed by atoms with Crippen LogP contribution in [0.3, 0.4) is 0 Å². The first kappa shape index (κ1) is 18.5. The summed E-state index contributed by atoms with van der Waals surface area (Å²) in [4.78, 5) is 12.2. The second-order valence-corrected chi connectivity index (χ2v) is 6.75. The van der Waals surface area contributed by atoms with Crippen molar-refractivity contribution in [3.63, 3.8) is 0 Å². The highest BCUT2D eigenvalue weighted by atomic mass is 79.9. The number of anilines is 1. The zero-order valence-corrected chi connectivity index (χ0v) is 16.1. The molecule has 1 atom stereocenters. The summed E-state index contributed by atoms with van der Waals surface area (Å²) in [5, 5.41) is 16.8. The minimum Gasteiger partial charge on any atom is -0.506 e. The van der Waals surface area contributed by atoms with Crippen LogP contribution in [0.5, 0.6) is 5.75 Å². The SMILES string of the molecule is CCC(Nc1ccccc1)C(=O)NN=Cc1cc(Br)c(O)c(Br)c1. The van der Waals surface area contributed by atoms with Crippen LogP contribution in [0, 0.1) is 0 Å². The van der Waals surface area contributed by atoms with E-state index in [1.165, 1.54) is 6.21 Å². The van der Waals surface area contributed by atoms with Crippen LogP contribution in [-0.2, 0) is 4.79 Å². The number of hydrogen-bond acceptors (Lipinski definition) is 4. The van der Waals surface area contributed by atoms with E-state index in [4.69, 9.17) is 0 Å². The van der Waals surface area contributed by atoms with Gasteiger partial charge in [-0.3, -0.25) is 4.79 Å². The number of carbonyl (C=O) groups is 1. The molecule has 0 saturated carbocycles. The Bertz CT molecular complexity index is 713. The van der Waals surface area contributed by atoms with Gasteiger partial charge >= 0.3 is 0 Å². The minimum absolute atomic E-state index is 0.120. The van der Waals surface area contributed by atoms with E-state index in [1.807, 2.05) is 37.3 Å². The van der Waals surface area contributed by atoms with Crippen LogP contribution in [0.1, 0.15) is 18.9 Å². The van der Waals surface area contributed by atoms with E-state index in [9.17, 15) is 9.90 Å². The molecule has 7 heteroatoms. The van der Waals surface area contributed by atoms with Crippen molar-refractivity contribution in [2.24, 2.45) is 5.10 Å². The molecule has 0 aromatic heterocycles. The fourth-order valence-corrected chi connectivity index (χ4v) is 3.22. The largest absolute Gasteiger partial charge is 0.506 e. The Morgan fingerprint density at radius 1 is 1.25 bits per heavy atom. The molecule has 24 heavy (non-hydrogen) atoms. The summed E-state index contributed by atoms with van der Waals surface area (Å²) in [5.41, 5.74) is 4.15.